The predicted molar refractivity (Wildman–Crippen MR) is 123 cm³/mol. The number of hydrogen-bond acceptors (Lipinski definition) is 6. The maximum atomic E-state index is 13.3. The Balaban J connectivity index is 1.80. The number of pyridine rings is 1. The fraction of sp³-hybridized carbons (Fsp3) is 0.192. The van der Waals surface area contributed by atoms with Crippen LogP contribution in [0.1, 0.15) is 22.7 Å². The molecule has 4 rings (SSSR count). The number of Topliss-reactive ketones (excluding diaryl/α,β-unsaturated/α-hetero) is 1. The lowest BCUT2D eigenvalue weighted by atomic mass is 9.95. The van der Waals surface area contributed by atoms with Crippen LogP contribution >= 0.6 is 0 Å². The Labute approximate surface area is 196 Å². The number of aliphatic hydroxyl groups excluding tert-OH is 1. The van der Waals surface area contributed by atoms with E-state index in [0.717, 1.165) is 5.56 Å². The highest BCUT2D eigenvalue weighted by molar-refractivity contribution is 6.46. The highest BCUT2D eigenvalue weighted by Gasteiger charge is 2.46. The van der Waals surface area contributed by atoms with Crippen LogP contribution in [0.3, 0.4) is 0 Å². The summed E-state index contributed by atoms with van der Waals surface area (Å²) in [7, 11) is 2.93. The van der Waals surface area contributed by atoms with Crippen LogP contribution in [0, 0.1) is 5.82 Å². The minimum atomic E-state index is -0.834. The van der Waals surface area contributed by atoms with Crippen LogP contribution in [0.15, 0.2) is 72.6 Å². The molecule has 174 valence electrons. The van der Waals surface area contributed by atoms with Crippen LogP contribution in [0.4, 0.5) is 4.39 Å². The van der Waals surface area contributed by atoms with Crippen LogP contribution in [0.2, 0.25) is 0 Å². The average Bonchev–Trinajstić information content (AvgIpc) is 3.13. The van der Waals surface area contributed by atoms with Crippen molar-refractivity contribution in [3.05, 3.63) is 95.1 Å². The van der Waals surface area contributed by atoms with Gasteiger partial charge in [-0.3, -0.25) is 14.6 Å². The molecule has 1 fully saturated rings. The van der Waals surface area contributed by atoms with Gasteiger partial charge in [0.1, 0.15) is 23.1 Å². The van der Waals surface area contributed by atoms with Crippen LogP contribution in [-0.2, 0) is 16.0 Å². The third kappa shape index (κ3) is 4.34. The van der Waals surface area contributed by atoms with E-state index in [1.54, 1.807) is 54.9 Å². The molecule has 3 aromatic rings. The molecule has 1 atom stereocenters. The van der Waals surface area contributed by atoms with E-state index in [1.807, 2.05) is 0 Å². The minimum Gasteiger partial charge on any atom is -0.507 e. The summed E-state index contributed by atoms with van der Waals surface area (Å²) in [4.78, 5) is 31.7. The number of methoxy groups -OCH3 is 2. The third-order valence-electron chi connectivity index (χ3n) is 5.78. The van der Waals surface area contributed by atoms with Gasteiger partial charge in [0, 0.05) is 18.9 Å². The van der Waals surface area contributed by atoms with Crippen LogP contribution in [0.25, 0.3) is 5.76 Å². The first kappa shape index (κ1) is 23.0. The number of aromatic nitrogens is 1. The lowest BCUT2D eigenvalue weighted by Gasteiger charge is -2.25. The molecule has 0 aliphatic carbocycles. The van der Waals surface area contributed by atoms with Gasteiger partial charge in [-0.2, -0.15) is 0 Å². The zero-order valence-electron chi connectivity index (χ0n) is 18.7. The number of carbonyl (C=O) groups excluding carboxylic acids is 2. The van der Waals surface area contributed by atoms with Crippen molar-refractivity contribution >= 4 is 17.4 Å². The number of carbonyl (C=O) groups is 2. The summed E-state index contributed by atoms with van der Waals surface area (Å²) in [5.74, 6) is -1.47. The summed E-state index contributed by atoms with van der Waals surface area (Å²) < 4.78 is 23.9. The van der Waals surface area contributed by atoms with E-state index in [9.17, 15) is 19.1 Å². The molecule has 0 spiro atoms. The monoisotopic (exact) mass is 462 g/mol. The second-order valence-electron chi connectivity index (χ2n) is 7.72. The van der Waals surface area contributed by atoms with E-state index in [1.165, 1.54) is 31.3 Å². The van der Waals surface area contributed by atoms with E-state index in [2.05, 4.69) is 4.98 Å². The van der Waals surface area contributed by atoms with Gasteiger partial charge in [0.25, 0.3) is 11.7 Å². The standard InChI is InChI=1S/C26H23FN2O5/c1-33-19-7-8-21(34-2)20(15-19)24(30)22-23(17-9-12-28-13-10-17)29(26(32)25(22)31)14-11-16-3-5-18(27)6-4-16/h3-10,12-13,15,23,30H,11,14H2,1-2H3/b24-22+. The van der Waals surface area contributed by atoms with Crippen molar-refractivity contribution in [3.8, 4) is 11.5 Å². The molecule has 0 radical (unpaired) electrons. The molecule has 34 heavy (non-hydrogen) atoms. The van der Waals surface area contributed by atoms with Crippen molar-refractivity contribution in [2.45, 2.75) is 12.5 Å². The zero-order valence-corrected chi connectivity index (χ0v) is 18.7. The number of likely N-dealkylation sites (tertiary alicyclic amines) is 1. The molecule has 1 amide bonds. The molecule has 7 nitrogen and oxygen atoms in total. The number of ether oxygens (including phenoxy) is 2. The molecule has 8 heteroatoms. The molecule has 0 bridgehead atoms. The van der Waals surface area contributed by atoms with Gasteiger partial charge in [0.15, 0.2) is 0 Å². The normalized spacial score (nSPS) is 17.1. The van der Waals surface area contributed by atoms with Crippen molar-refractivity contribution in [1.29, 1.82) is 0 Å². The second-order valence-corrected chi connectivity index (χ2v) is 7.72. The number of aliphatic hydroxyl groups is 1. The van der Waals surface area contributed by atoms with E-state index in [-0.39, 0.29) is 29.3 Å². The third-order valence-corrected chi connectivity index (χ3v) is 5.78. The first-order chi connectivity index (χ1) is 16.4. The van der Waals surface area contributed by atoms with E-state index in [0.29, 0.717) is 23.5 Å². The molecule has 1 aliphatic rings. The van der Waals surface area contributed by atoms with Gasteiger partial charge >= 0.3 is 0 Å². The summed E-state index contributed by atoms with van der Waals surface area (Å²) in [5.41, 5.74) is 1.61. The lowest BCUT2D eigenvalue weighted by molar-refractivity contribution is -0.139. The maximum absolute atomic E-state index is 13.3. The van der Waals surface area contributed by atoms with Crippen LogP contribution in [-0.4, -0.2) is 47.4 Å². The largest absolute Gasteiger partial charge is 0.507 e. The summed E-state index contributed by atoms with van der Waals surface area (Å²) in [6, 6.07) is 13.3. The number of benzene rings is 2. The van der Waals surface area contributed by atoms with Gasteiger partial charge in [0.05, 0.1) is 31.4 Å². The second kappa shape index (κ2) is 9.74. The van der Waals surface area contributed by atoms with Gasteiger partial charge in [-0.1, -0.05) is 12.1 Å². The lowest BCUT2D eigenvalue weighted by Crippen LogP contribution is -2.31. The van der Waals surface area contributed by atoms with E-state index >= 15 is 0 Å². The topological polar surface area (TPSA) is 89.0 Å². The average molecular weight is 462 g/mol. The molecule has 1 aromatic heterocycles. The van der Waals surface area contributed by atoms with Gasteiger partial charge < -0.3 is 19.5 Å². The minimum absolute atomic E-state index is 0.0538. The quantitative estimate of drug-likeness (QED) is 0.326. The first-order valence-electron chi connectivity index (χ1n) is 10.6. The Morgan fingerprint density at radius 2 is 1.74 bits per heavy atom. The fourth-order valence-electron chi connectivity index (χ4n) is 4.05. The molecule has 2 heterocycles. The molecule has 2 aromatic carbocycles. The van der Waals surface area contributed by atoms with Gasteiger partial charge in [-0.15, -0.1) is 0 Å². The van der Waals surface area contributed by atoms with Gasteiger partial charge in [0.2, 0.25) is 0 Å². The smallest absolute Gasteiger partial charge is 0.295 e. The van der Waals surface area contributed by atoms with E-state index < -0.39 is 17.7 Å². The van der Waals surface area contributed by atoms with Gasteiger partial charge in [-0.05, 0) is 60.0 Å². The van der Waals surface area contributed by atoms with Crippen molar-refractivity contribution in [2.24, 2.45) is 0 Å². The summed E-state index contributed by atoms with van der Waals surface area (Å²) in [6.45, 7) is 0.190. The summed E-state index contributed by atoms with van der Waals surface area (Å²) in [6.07, 6.45) is 3.51. The molecule has 1 saturated heterocycles. The highest BCUT2D eigenvalue weighted by Crippen LogP contribution is 2.41. The predicted octanol–water partition coefficient (Wildman–Crippen LogP) is 3.90. The molecular formula is C26H23FN2O5. The Kier molecular flexibility index (Phi) is 6.58. The number of ketones is 1. The maximum Gasteiger partial charge on any atom is 0.295 e. The Hall–Kier alpha value is -4.20. The Morgan fingerprint density at radius 1 is 1.03 bits per heavy atom. The number of rotatable bonds is 7. The Morgan fingerprint density at radius 3 is 2.38 bits per heavy atom. The molecule has 1 aliphatic heterocycles. The Bertz CT molecular complexity index is 1240. The van der Waals surface area contributed by atoms with Crippen LogP contribution in [0.5, 0.6) is 11.5 Å². The molecule has 1 N–H and O–H groups in total. The number of nitrogens with zero attached hydrogens (tertiary/aromatic N) is 2. The molecule has 0 saturated carbocycles. The summed E-state index contributed by atoms with van der Waals surface area (Å²) >= 11 is 0. The zero-order chi connectivity index (χ0) is 24.2. The number of hydrogen-bond donors (Lipinski definition) is 1. The number of amides is 1. The highest BCUT2D eigenvalue weighted by atomic mass is 19.1. The van der Waals surface area contributed by atoms with Crippen molar-refractivity contribution in [3.63, 3.8) is 0 Å². The molecule has 1 unspecified atom stereocenters. The van der Waals surface area contributed by atoms with Gasteiger partial charge in [-0.25, -0.2) is 4.39 Å². The van der Waals surface area contributed by atoms with Crippen molar-refractivity contribution in [2.75, 3.05) is 20.8 Å². The van der Waals surface area contributed by atoms with Crippen molar-refractivity contribution in [1.82, 2.24) is 9.88 Å². The van der Waals surface area contributed by atoms with Crippen LogP contribution < -0.4 is 9.47 Å². The SMILES string of the molecule is COc1ccc(OC)c(/C(O)=C2\C(=O)C(=O)N(CCc3ccc(F)cc3)C2c2ccncc2)c1. The molecular weight excluding hydrogens is 439 g/mol. The first-order valence-corrected chi connectivity index (χ1v) is 10.6. The number of halogens is 1. The summed E-state index contributed by atoms with van der Waals surface area (Å²) in [5, 5.41) is 11.3. The van der Waals surface area contributed by atoms with E-state index in [4.69, 9.17) is 9.47 Å². The fourth-order valence-corrected chi connectivity index (χ4v) is 4.05. The van der Waals surface area contributed by atoms with Crippen molar-refractivity contribution < 1.29 is 28.6 Å².